The zero-order valence-corrected chi connectivity index (χ0v) is 12.7. The first-order chi connectivity index (χ1) is 10.8. The van der Waals surface area contributed by atoms with E-state index in [1.165, 1.54) is 0 Å². The normalized spacial score (nSPS) is 11.3. The predicted octanol–water partition coefficient (Wildman–Crippen LogP) is 4.03. The highest BCUT2D eigenvalue weighted by molar-refractivity contribution is 7.24. The Bertz CT molecular complexity index is 1050. The average Bonchev–Trinajstić information content (AvgIpc) is 3.04. The lowest BCUT2D eigenvalue weighted by Crippen LogP contribution is -2.00. The highest BCUT2D eigenvalue weighted by Crippen LogP contribution is 2.28. The SMILES string of the molecule is CCc1noc(-c2ccc3sc4ccccc4c(=O)c3c2)n1. The lowest BCUT2D eigenvalue weighted by Gasteiger charge is -2.02. The number of aryl methyl sites for hydroxylation is 1. The van der Waals surface area contributed by atoms with Gasteiger partial charge in [0, 0.05) is 32.2 Å². The van der Waals surface area contributed by atoms with Gasteiger partial charge < -0.3 is 4.52 Å². The molecule has 2 heterocycles. The van der Waals surface area contributed by atoms with Gasteiger partial charge in [-0.15, -0.1) is 11.3 Å². The van der Waals surface area contributed by atoms with Crippen molar-refractivity contribution in [3.05, 3.63) is 58.5 Å². The quantitative estimate of drug-likeness (QED) is 0.525. The fraction of sp³-hybridized carbons (Fsp3) is 0.118. The molecule has 0 atom stereocenters. The van der Waals surface area contributed by atoms with Crippen molar-refractivity contribution in [2.24, 2.45) is 0 Å². The molecule has 0 spiro atoms. The number of fused-ring (bicyclic) bond motifs is 2. The Morgan fingerprint density at radius 2 is 1.91 bits per heavy atom. The molecule has 0 unspecified atom stereocenters. The van der Waals surface area contributed by atoms with Gasteiger partial charge in [0.05, 0.1) is 0 Å². The van der Waals surface area contributed by atoms with Crippen LogP contribution in [0.4, 0.5) is 0 Å². The van der Waals surface area contributed by atoms with Crippen molar-refractivity contribution in [2.75, 3.05) is 0 Å². The monoisotopic (exact) mass is 308 g/mol. The number of aromatic nitrogens is 2. The van der Waals surface area contributed by atoms with Crippen LogP contribution in [0, 0.1) is 0 Å². The van der Waals surface area contributed by atoms with Crippen molar-refractivity contribution in [3.63, 3.8) is 0 Å². The molecule has 0 aliphatic heterocycles. The summed E-state index contributed by atoms with van der Waals surface area (Å²) in [5.74, 6) is 1.12. The third-order valence-corrected chi connectivity index (χ3v) is 4.76. The van der Waals surface area contributed by atoms with Crippen molar-refractivity contribution in [1.82, 2.24) is 10.1 Å². The highest BCUT2D eigenvalue weighted by Gasteiger charge is 2.11. The first kappa shape index (κ1) is 13.2. The second-order valence-corrected chi connectivity index (χ2v) is 6.09. The predicted molar refractivity (Wildman–Crippen MR) is 88.3 cm³/mol. The summed E-state index contributed by atoms with van der Waals surface area (Å²) < 4.78 is 7.22. The minimum atomic E-state index is 0.0430. The molecule has 5 heteroatoms. The molecule has 0 saturated heterocycles. The van der Waals surface area contributed by atoms with Gasteiger partial charge in [0.1, 0.15) is 0 Å². The largest absolute Gasteiger partial charge is 0.334 e. The van der Waals surface area contributed by atoms with Crippen molar-refractivity contribution in [1.29, 1.82) is 0 Å². The second kappa shape index (κ2) is 5.03. The number of nitrogens with zero attached hydrogens (tertiary/aromatic N) is 2. The molecule has 0 N–H and O–H groups in total. The molecule has 0 aliphatic rings. The van der Waals surface area contributed by atoms with Crippen LogP contribution in [0.15, 0.2) is 51.8 Å². The number of rotatable bonds is 2. The zero-order valence-electron chi connectivity index (χ0n) is 11.9. The van der Waals surface area contributed by atoms with Gasteiger partial charge in [-0.2, -0.15) is 4.98 Å². The number of hydrogen-bond donors (Lipinski definition) is 0. The topological polar surface area (TPSA) is 56.0 Å². The van der Waals surface area contributed by atoms with E-state index in [0.717, 1.165) is 26.8 Å². The molecule has 4 rings (SSSR count). The van der Waals surface area contributed by atoms with E-state index in [1.807, 2.05) is 49.4 Å². The number of benzene rings is 2. The summed E-state index contributed by atoms with van der Waals surface area (Å²) in [7, 11) is 0. The standard InChI is InChI=1S/C17H12N2O2S/c1-2-15-18-17(21-19-15)10-7-8-14-12(9-10)16(20)11-5-3-4-6-13(11)22-14/h3-9H,2H2,1H3. The van der Waals surface area contributed by atoms with Crippen LogP contribution in [0.2, 0.25) is 0 Å². The maximum atomic E-state index is 12.7. The molecule has 0 saturated carbocycles. The molecule has 22 heavy (non-hydrogen) atoms. The van der Waals surface area contributed by atoms with E-state index in [9.17, 15) is 4.79 Å². The third-order valence-electron chi connectivity index (χ3n) is 3.61. The van der Waals surface area contributed by atoms with Gasteiger partial charge in [0.25, 0.3) is 5.89 Å². The first-order valence-electron chi connectivity index (χ1n) is 7.05. The van der Waals surface area contributed by atoms with Gasteiger partial charge in [-0.25, -0.2) is 0 Å². The molecule has 0 bridgehead atoms. The Morgan fingerprint density at radius 1 is 1.09 bits per heavy atom. The maximum Gasteiger partial charge on any atom is 0.257 e. The van der Waals surface area contributed by atoms with Crippen LogP contribution >= 0.6 is 11.3 Å². The lowest BCUT2D eigenvalue weighted by atomic mass is 10.1. The van der Waals surface area contributed by atoms with Gasteiger partial charge in [-0.1, -0.05) is 24.2 Å². The van der Waals surface area contributed by atoms with E-state index in [0.29, 0.717) is 17.1 Å². The van der Waals surface area contributed by atoms with Gasteiger partial charge in [-0.3, -0.25) is 4.79 Å². The van der Waals surface area contributed by atoms with Crippen LogP contribution in [-0.4, -0.2) is 10.1 Å². The molecular weight excluding hydrogens is 296 g/mol. The molecule has 0 aliphatic carbocycles. The van der Waals surface area contributed by atoms with Gasteiger partial charge in [0.2, 0.25) is 0 Å². The van der Waals surface area contributed by atoms with Gasteiger partial charge in [0.15, 0.2) is 11.3 Å². The van der Waals surface area contributed by atoms with Crippen LogP contribution in [0.25, 0.3) is 31.6 Å². The Kier molecular flexibility index (Phi) is 3.01. The minimum absolute atomic E-state index is 0.0430. The summed E-state index contributed by atoms with van der Waals surface area (Å²) >= 11 is 1.61. The Balaban J connectivity index is 1.98. The molecule has 4 nitrogen and oxygen atoms in total. The third kappa shape index (κ3) is 2.02. The van der Waals surface area contributed by atoms with Crippen LogP contribution in [0.5, 0.6) is 0 Å². The molecule has 0 radical (unpaired) electrons. The lowest BCUT2D eigenvalue weighted by molar-refractivity contribution is 0.423. The molecule has 108 valence electrons. The van der Waals surface area contributed by atoms with Crippen LogP contribution in [-0.2, 0) is 6.42 Å². The second-order valence-electron chi connectivity index (χ2n) is 5.01. The molecule has 0 fully saturated rings. The summed E-state index contributed by atoms with van der Waals surface area (Å²) in [6.07, 6.45) is 0.719. The van der Waals surface area contributed by atoms with Crippen molar-refractivity contribution in [3.8, 4) is 11.5 Å². The summed E-state index contributed by atoms with van der Waals surface area (Å²) in [6, 6.07) is 13.4. The molecule has 2 aromatic heterocycles. The highest BCUT2D eigenvalue weighted by atomic mass is 32.1. The summed E-state index contributed by atoms with van der Waals surface area (Å²) in [4.78, 5) is 17.0. The Morgan fingerprint density at radius 3 is 2.73 bits per heavy atom. The maximum absolute atomic E-state index is 12.7. The smallest absolute Gasteiger partial charge is 0.257 e. The number of hydrogen-bond acceptors (Lipinski definition) is 5. The molecular formula is C17H12N2O2S. The molecule has 4 aromatic rings. The minimum Gasteiger partial charge on any atom is -0.334 e. The Labute approximate surface area is 130 Å². The van der Waals surface area contributed by atoms with E-state index in [-0.39, 0.29) is 5.43 Å². The van der Waals surface area contributed by atoms with Gasteiger partial charge in [-0.05, 0) is 30.3 Å². The Hall–Kier alpha value is -2.53. The van der Waals surface area contributed by atoms with E-state index in [2.05, 4.69) is 10.1 Å². The van der Waals surface area contributed by atoms with E-state index < -0.39 is 0 Å². The van der Waals surface area contributed by atoms with E-state index in [1.54, 1.807) is 11.3 Å². The van der Waals surface area contributed by atoms with E-state index >= 15 is 0 Å². The van der Waals surface area contributed by atoms with Crippen LogP contribution < -0.4 is 5.43 Å². The average molecular weight is 308 g/mol. The molecule has 0 amide bonds. The van der Waals surface area contributed by atoms with Crippen LogP contribution in [0.1, 0.15) is 12.7 Å². The first-order valence-corrected chi connectivity index (χ1v) is 7.86. The van der Waals surface area contributed by atoms with Crippen molar-refractivity contribution in [2.45, 2.75) is 13.3 Å². The summed E-state index contributed by atoms with van der Waals surface area (Å²) in [6.45, 7) is 1.97. The van der Waals surface area contributed by atoms with Crippen molar-refractivity contribution < 1.29 is 4.52 Å². The van der Waals surface area contributed by atoms with Crippen molar-refractivity contribution >= 4 is 31.5 Å². The summed E-state index contributed by atoms with van der Waals surface area (Å²) in [5, 5.41) is 5.34. The zero-order chi connectivity index (χ0) is 15.1. The van der Waals surface area contributed by atoms with E-state index in [4.69, 9.17) is 4.52 Å². The van der Waals surface area contributed by atoms with Crippen LogP contribution in [0.3, 0.4) is 0 Å². The fourth-order valence-electron chi connectivity index (χ4n) is 2.45. The van der Waals surface area contributed by atoms with Gasteiger partial charge >= 0.3 is 0 Å². The summed E-state index contributed by atoms with van der Waals surface area (Å²) in [5.41, 5.74) is 0.820. The molecule has 2 aromatic carbocycles. The fourth-order valence-corrected chi connectivity index (χ4v) is 3.50.